The number of ether oxygens (including phenoxy) is 1. The summed E-state index contributed by atoms with van der Waals surface area (Å²) in [7, 11) is 0. The summed E-state index contributed by atoms with van der Waals surface area (Å²) in [5.41, 5.74) is 4.92. The fourth-order valence-corrected chi connectivity index (χ4v) is 4.46. The minimum Gasteiger partial charge on any atom is -0.488 e. The molecule has 0 saturated carbocycles. The second-order valence-electron chi connectivity index (χ2n) is 8.03. The van der Waals surface area contributed by atoms with Gasteiger partial charge in [-0.05, 0) is 81.8 Å². The number of aromatic nitrogens is 2. The Morgan fingerprint density at radius 3 is 2.89 bits per heavy atom. The molecule has 0 spiro atoms. The highest BCUT2D eigenvalue weighted by Gasteiger charge is 2.26. The van der Waals surface area contributed by atoms with Gasteiger partial charge in [0.1, 0.15) is 6.61 Å². The van der Waals surface area contributed by atoms with Crippen molar-refractivity contribution < 1.29 is 4.74 Å². The number of aryl methyl sites for hydroxylation is 2. The van der Waals surface area contributed by atoms with Crippen molar-refractivity contribution in [2.75, 3.05) is 31.6 Å². The quantitative estimate of drug-likeness (QED) is 0.889. The Kier molecular flexibility index (Phi) is 5.30. The second-order valence-corrected chi connectivity index (χ2v) is 8.03. The molecule has 4 heterocycles. The van der Waals surface area contributed by atoms with Crippen LogP contribution in [0.4, 0.5) is 5.82 Å². The van der Waals surface area contributed by atoms with Gasteiger partial charge >= 0.3 is 0 Å². The van der Waals surface area contributed by atoms with Crippen molar-refractivity contribution in [3.63, 3.8) is 0 Å². The lowest BCUT2D eigenvalue weighted by Gasteiger charge is -2.37. The van der Waals surface area contributed by atoms with Crippen molar-refractivity contribution >= 4 is 5.82 Å². The summed E-state index contributed by atoms with van der Waals surface area (Å²) in [6.07, 6.45) is 5.71. The van der Waals surface area contributed by atoms with Crippen molar-refractivity contribution in [3.8, 4) is 5.75 Å². The number of nitrogens with one attached hydrogen (secondary N) is 1. The van der Waals surface area contributed by atoms with Crippen LogP contribution in [0.2, 0.25) is 0 Å². The molecule has 2 aliphatic heterocycles. The van der Waals surface area contributed by atoms with Gasteiger partial charge in [0.15, 0.2) is 11.6 Å². The van der Waals surface area contributed by atoms with Crippen LogP contribution in [0.15, 0.2) is 24.4 Å². The molecule has 2 atom stereocenters. The maximum Gasteiger partial charge on any atom is 0.168 e. The number of anilines is 1. The van der Waals surface area contributed by atoms with E-state index >= 15 is 0 Å². The normalized spacial score (nSPS) is 21.1. The van der Waals surface area contributed by atoms with Crippen LogP contribution in [0.25, 0.3) is 0 Å². The zero-order chi connectivity index (χ0) is 18.8. The first-order chi connectivity index (χ1) is 13.1. The second kappa shape index (κ2) is 7.85. The van der Waals surface area contributed by atoms with Crippen molar-refractivity contribution in [1.29, 1.82) is 0 Å². The van der Waals surface area contributed by atoms with Crippen LogP contribution in [-0.4, -0.2) is 41.1 Å². The summed E-state index contributed by atoms with van der Waals surface area (Å²) >= 11 is 0. The molecule has 2 aromatic rings. The zero-order valence-electron chi connectivity index (χ0n) is 16.7. The van der Waals surface area contributed by atoms with Crippen LogP contribution in [0.5, 0.6) is 5.75 Å². The third kappa shape index (κ3) is 4.24. The highest BCUT2D eigenvalue weighted by Crippen LogP contribution is 2.32. The molecule has 0 aliphatic carbocycles. The predicted molar refractivity (Wildman–Crippen MR) is 108 cm³/mol. The Morgan fingerprint density at radius 1 is 1.26 bits per heavy atom. The number of piperidine rings is 1. The molecule has 144 valence electrons. The zero-order valence-corrected chi connectivity index (χ0v) is 16.7. The highest BCUT2D eigenvalue weighted by molar-refractivity contribution is 5.52. The topological polar surface area (TPSA) is 50.3 Å². The van der Waals surface area contributed by atoms with E-state index in [1.165, 1.54) is 24.0 Å². The van der Waals surface area contributed by atoms with Gasteiger partial charge in [-0.15, -0.1) is 0 Å². The van der Waals surface area contributed by atoms with Gasteiger partial charge in [-0.2, -0.15) is 0 Å². The Hall–Kier alpha value is -2.14. The summed E-state index contributed by atoms with van der Waals surface area (Å²) < 4.78 is 5.77. The predicted octanol–water partition coefficient (Wildman–Crippen LogP) is 3.91. The molecule has 1 N–H and O–H groups in total. The van der Waals surface area contributed by atoms with E-state index in [1.807, 2.05) is 6.20 Å². The SMILES string of the molecule is Cc1cc(C[C@H]2CCCN(C(C)c3cnc4c(c3)OCCN4)C2)cc(C)n1. The molecule has 1 fully saturated rings. The molecule has 0 amide bonds. The maximum absolute atomic E-state index is 5.77. The van der Waals surface area contributed by atoms with Crippen LogP contribution in [0, 0.1) is 19.8 Å². The van der Waals surface area contributed by atoms with E-state index in [0.717, 1.165) is 49.0 Å². The van der Waals surface area contributed by atoms with Crippen molar-refractivity contribution in [3.05, 3.63) is 46.9 Å². The summed E-state index contributed by atoms with van der Waals surface area (Å²) in [6, 6.07) is 7.01. The van der Waals surface area contributed by atoms with Gasteiger partial charge in [-0.25, -0.2) is 4.98 Å². The van der Waals surface area contributed by atoms with Crippen LogP contribution in [-0.2, 0) is 6.42 Å². The third-order valence-corrected chi connectivity index (χ3v) is 5.77. The number of nitrogens with zero attached hydrogens (tertiary/aromatic N) is 3. The number of fused-ring (bicyclic) bond motifs is 1. The molecular formula is C22H30N4O. The summed E-state index contributed by atoms with van der Waals surface area (Å²) in [6.45, 7) is 10.3. The van der Waals surface area contributed by atoms with Crippen LogP contribution < -0.4 is 10.1 Å². The Balaban J connectivity index is 1.44. The maximum atomic E-state index is 5.77. The molecule has 2 aromatic heterocycles. The van der Waals surface area contributed by atoms with E-state index in [2.05, 4.69) is 59.2 Å². The van der Waals surface area contributed by atoms with E-state index in [-0.39, 0.29) is 0 Å². The van der Waals surface area contributed by atoms with Gasteiger partial charge in [0.2, 0.25) is 0 Å². The molecule has 27 heavy (non-hydrogen) atoms. The van der Waals surface area contributed by atoms with Crippen LogP contribution in [0.3, 0.4) is 0 Å². The summed E-state index contributed by atoms with van der Waals surface area (Å²) in [4.78, 5) is 11.7. The van der Waals surface area contributed by atoms with E-state index in [1.54, 1.807) is 0 Å². The molecule has 5 heteroatoms. The number of likely N-dealkylation sites (tertiary alicyclic amines) is 1. The first kappa shape index (κ1) is 18.2. The lowest BCUT2D eigenvalue weighted by molar-refractivity contribution is 0.131. The monoisotopic (exact) mass is 366 g/mol. The van der Waals surface area contributed by atoms with Gasteiger partial charge in [0.05, 0.1) is 6.54 Å². The fraction of sp³-hybridized carbons (Fsp3) is 0.545. The van der Waals surface area contributed by atoms with Crippen molar-refractivity contribution in [2.45, 2.75) is 46.1 Å². The summed E-state index contributed by atoms with van der Waals surface area (Å²) in [5, 5.41) is 3.30. The fourth-order valence-electron chi connectivity index (χ4n) is 4.46. The largest absolute Gasteiger partial charge is 0.488 e. The van der Waals surface area contributed by atoms with E-state index in [4.69, 9.17) is 4.74 Å². The van der Waals surface area contributed by atoms with Gasteiger partial charge < -0.3 is 10.1 Å². The number of hydrogen-bond donors (Lipinski definition) is 1. The highest BCUT2D eigenvalue weighted by atomic mass is 16.5. The third-order valence-electron chi connectivity index (χ3n) is 5.77. The van der Waals surface area contributed by atoms with Gasteiger partial charge in [0, 0.05) is 30.2 Å². The lowest BCUT2D eigenvalue weighted by Crippen LogP contribution is -2.38. The smallest absolute Gasteiger partial charge is 0.168 e. The number of rotatable bonds is 4. The first-order valence-corrected chi connectivity index (χ1v) is 10.1. The lowest BCUT2D eigenvalue weighted by atomic mass is 9.90. The Morgan fingerprint density at radius 2 is 2.07 bits per heavy atom. The first-order valence-electron chi connectivity index (χ1n) is 10.1. The average molecular weight is 367 g/mol. The molecule has 0 radical (unpaired) electrons. The Labute approximate surface area is 162 Å². The molecule has 1 saturated heterocycles. The van der Waals surface area contributed by atoms with Gasteiger partial charge in [-0.1, -0.05) is 0 Å². The van der Waals surface area contributed by atoms with Crippen LogP contribution >= 0.6 is 0 Å². The molecule has 0 aromatic carbocycles. The van der Waals surface area contributed by atoms with Gasteiger partial charge in [-0.3, -0.25) is 9.88 Å². The van der Waals surface area contributed by atoms with E-state index in [0.29, 0.717) is 18.6 Å². The average Bonchev–Trinajstić information content (AvgIpc) is 2.66. The molecule has 5 nitrogen and oxygen atoms in total. The Bertz CT molecular complexity index is 787. The summed E-state index contributed by atoms with van der Waals surface area (Å²) in [5.74, 6) is 2.46. The number of hydrogen-bond acceptors (Lipinski definition) is 5. The van der Waals surface area contributed by atoms with Crippen LogP contribution in [0.1, 0.15) is 48.3 Å². The van der Waals surface area contributed by atoms with E-state index < -0.39 is 0 Å². The molecule has 0 bridgehead atoms. The molecular weight excluding hydrogens is 336 g/mol. The minimum atomic E-state index is 0.358. The molecule has 1 unspecified atom stereocenters. The minimum absolute atomic E-state index is 0.358. The number of pyridine rings is 2. The molecule has 2 aliphatic rings. The van der Waals surface area contributed by atoms with Crippen molar-refractivity contribution in [2.24, 2.45) is 5.92 Å². The molecule has 4 rings (SSSR count). The van der Waals surface area contributed by atoms with Gasteiger partial charge in [0.25, 0.3) is 0 Å². The van der Waals surface area contributed by atoms with Crippen molar-refractivity contribution in [1.82, 2.24) is 14.9 Å². The van der Waals surface area contributed by atoms with E-state index in [9.17, 15) is 0 Å². The standard InChI is InChI=1S/C22H30N4O/c1-15-9-19(10-16(2)25-15)11-18-5-4-7-26(14-18)17(3)20-12-21-22(24-13-20)23-6-8-27-21/h9-10,12-13,17-18H,4-8,11,14H2,1-3H3,(H,23,24)/t17?,18-/m1/s1.